The first-order chi connectivity index (χ1) is 13.4. The van der Waals surface area contributed by atoms with Gasteiger partial charge in [0.15, 0.2) is 11.9 Å². The molecule has 1 atom stereocenters. The van der Waals surface area contributed by atoms with Gasteiger partial charge in [-0.05, 0) is 49.4 Å². The highest BCUT2D eigenvalue weighted by Gasteiger charge is 2.27. The summed E-state index contributed by atoms with van der Waals surface area (Å²) in [5.41, 5.74) is 1.46. The van der Waals surface area contributed by atoms with Crippen LogP contribution in [0, 0.1) is 6.92 Å². The van der Waals surface area contributed by atoms with Crippen LogP contribution < -0.4 is 4.72 Å². The Balaban J connectivity index is 1.76. The molecular weight excluding hydrogens is 378 g/mol. The number of Topliss-reactive ketones (excluding diaryl/α,β-unsaturated/α-hetero) is 1. The molecule has 6 nitrogen and oxygen atoms in total. The Bertz CT molecular complexity index is 970. The summed E-state index contributed by atoms with van der Waals surface area (Å²) in [7, 11) is -3.81. The molecule has 0 amide bonds. The first-order valence-electron chi connectivity index (χ1n) is 9.25. The van der Waals surface area contributed by atoms with Crippen LogP contribution >= 0.6 is 0 Å². The Kier molecular flexibility index (Phi) is 6.26. The van der Waals surface area contributed by atoms with Crippen LogP contribution in [0.15, 0.2) is 53.4 Å². The smallest absolute Gasteiger partial charge is 0.338 e. The number of sulfonamides is 1. The number of carbonyl (C=O) groups excluding carboxylic acids is 2. The van der Waals surface area contributed by atoms with Crippen molar-refractivity contribution in [2.24, 2.45) is 0 Å². The van der Waals surface area contributed by atoms with E-state index in [-0.39, 0.29) is 22.8 Å². The van der Waals surface area contributed by atoms with Crippen molar-refractivity contribution in [3.63, 3.8) is 0 Å². The molecule has 0 radical (unpaired) electrons. The molecule has 2 aromatic rings. The van der Waals surface area contributed by atoms with E-state index in [1.54, 1.807) is 13.0 Å². The van der Waals surface area contributed by atoms with Crippen LogP contribution in [0.2, 0.25) is 0 Å². The quantitative estimate of drug-likeness (QED) is 0.751. The molecule has 1 aliphatic carbocycles. The van der Waals surface area contributed by atoms with E-state index in [1.807, 2.05) is 30.3 Å². The highest BCUT2D eigenvalue weighted by molar-refractivity contribution is 7.89. The molecule has 1 saturated carbocycles. The van der Waals surface area contributed by atoms with Crippen LogP contribution in [0.25, 0.3) is 0 Å². The summed E-state index contributed by atoms with van der Waals surface area (Å²) in [6.45, 7) is 1.81. The van der Waals surface area contributed by atoms with Crippen molar-refractivity contribution in [3.8, 4) is 0 Å². The third kappa shape index (κ3) is 4.85. The van der Waals surface area contributed by atoms with Gasteiger partial charge in [-0.3, -0.25) is 4.79 Å². The summed E-state index contributed by atoms with van der Waals surface area (Å²) in [5.74, 6) is -0.760. The van der Waals surface area contributed by atoms with Gasteiger partial charge in [-0.15, -0.1) is 0 Å². The lowest BCUT2D eigenvalue weighted by molar-refractivity contribution is -0.129. The normalized spacial score (nSPS) is 17.3. The van der Waals surface area contributed by atoms with Crippen molar-refractivity contribution in [2.45, 2.75) is 50.2 Å². The van der Waals surface area contributed by atoms with E-state index in [0.717, 1.165) is 18.4 Å². The number of nitrogens with one attached hydrogen (secondary N) is 1. The molecule has 2 aromatic carbocycles. The average Bonchev–Trinajstić information content (AvgIpc) is 2.69. The number of hydrogen-bond acceptors (Lipinski definition) is 5. The van der Waals surface area contributed by atoms with E-state index < -0.39 is 22.1 Å². The number of aryl methyl sites for hydroxylation is 1. The molecule has 0 unspecified atom stereocenters. The van der Waals surface area contributed by atoms with Gasteiger partial charge in [0.2, 0.25) is 10.0 Å². The van der Waals surface area contributed by atoms with Gasteiger partial charge in [0.1, 0.15) is 0 Å². The molecule has 1 aliphatic rings. The molecule has 0 saturated heterocycles. The van der Waals surface area contributed by atoms with Crippen LogP contribution in [-0.2, 0) is 26.1 Å². The zero-order chi connectivity index (χ0) is 20.1. The number of hydrogen-bond donors (Lipinski definition) is 1. The summed E-state index contributed by atoms with van der Waals surface area (Å²) >= 11 is 0. The van der Waals surface area contributed by atoms with Gasteiger partial charge < -0.3 is 4.74 Å². The summed E-state index contributed by atoms with van der Waals surface area (Å²) in [5, 5.41) is 0. The van der Waals surface area contributed by atoms with Gasteiger partial charge in [0.05, 0.1) is 10.5 Å². The fourth-order valence-electron chi connectivity index (χ4n) is 3.14. The Hall–Kier alpha value is -2.51. The molecule has 3 rings (SSSR count). The van der Waals surface area contributed by atoms with Gasteiger partial charge >= 0.3 is 5.97 Å². The van der Waals surface area contributed by atoms with Gasteiger partial charge in [-0.25, -0.2) is 17.9 Å². The largest absolute Gasteiger partial charge is 0.451 e. The van der Waals surface area contributed by atoms with Gasteiger partial charge in [-0.2, -0.15) is 0 Å². The molecule has 0 bridgehead atoms. The third-order valence-corrected chi connectivity index (χ3v) is 6.31. The monoisotopic (exact) mass is 401 g/mol. The lowest BCUT2D eigenvalue weighted by Gasteiger charge is -2.20. The second-order valence-electron chi connectivity index (χ2n) is 6.90. The van der Waals surface area contributed by atoms with Crippen LogP contribution in [0.4, 0.5) is 0 Å². The zero-order valence-corrected chi connectivity index (χ0v) is 16.5. The fourth-order valence-corrected chi connectivity index (χ4v) is 4.43. The van der Waals surface area contributed by atoms with E-state index in [0.29, 0.717) is 18.4 Å². The molecule has 1 N–H and O–H groups in total. The molecule has 1 fully saturated rings. The maximum Gasteiger partial charge on any atom is 0.338 e. The number of esters is 1. The topological polar surface area (TPSA) is 89.5 Å². The van der Waals surface area contributed by atoms with E-state index in [9.17, 15) is 18.0 Å². The molecule has 0 aromatic heterocycles. The average molecular weight is 401 g/mol. The van der Waals surface area contributed by atoms with E-state index in [2.05, 4.69) is 4.72 Å². The van der Waals surface area contributed by atoms with Crippen molar-refractivity contribution in [1.29, 1.82) is 0 Å². The highest BCUT2D eigenvalue weighted by Crippen LogP contribution is 2.21. The van der Waals surface area contributed by atoms with Crippen LogP contribution in [0.1, 0.15) is 47.2 Å². The summed E-state index contributed by atoms with van der Waals surface area (Å²) < 4.78 is 33.3. The van der Waals surface area contributed by atoms with Crippen molar-refractivity contribution in [2.75, 3.05) is 0 Å². The number of carbonyl (C=O) groups is 2. The first-order valence-corrected chi connectivity index (χ1v) is 10.7. The molecule has 7 heteroatoms. The predicted octanol–water partition coefficient (Wildman–Crippen LogP) is 3.14. The minimum absolute atomic E-state index is 0.0212. The van der Waals surface area contributed by atoms with Crippen molar-refractivity contribution in [3.05, 3.63) is 65.2 Å². The van der Waals surface area contributed by atoms with Crippen molar-refractivity contribution >= 4 is 21.8 Å². The van der Waals surface area contributed by atoms with Gasteiger partial charge in [-0.1, -0.05) is 36.4 Å². The third-order valence-electron chi connectivity index (χ3n) is 4.77. The lowest BCUT2D eigenvalue weighted by atomic mass is 9.96. The SMILES string of the molecule is Cc1ccc(C(=O)O[C@H]2CCCCC2=O)cc1S(=O)(=O)NCc1ccccc1. The van der Waals surface area contributed by atoms with E-state index >= 15 is 0 Å². The van der Waals surface area contributed by atoms with Crippen LogP contribution in [0.3, 0.4) is 0 Å². The number of rotatable bonds is 6. The first kappa shape index (κ1) is 20.2. The maximum atomic E-state index is 12.7. The zero-order valence-electron chi connectivity index (χ0n) is 15.7. The van der Waals surface area contributed by atoms with Crippen molar-refractivity contribution in [1.82, 2.24) is 4.72 Å². The Morgan fingerprint density at radius 1 is 1.14 bits per heavy atom. The molecule has 0 spiro atoms. The Morgan fingerprint density at radius 3 is 2.61 bits per heavy atom. The highest BCUT2D eigenvalue weighted by atomic mass is 32.2. The Morgan fingerprint density at radius 2 is 1.89 bits per heavy atom. The molecule has 28 heavy (non-hydrogen) atoms. The minimum Gasteiger partial charge on any atom is -0.451 e. The number of benzene rings is 2. The second-order valence-corrected chi connectivity index (χ2v) is 8.63. The number of ether oxygens (including phenoxy) is 1. The molecule has 148 valence electrons. The van der Waals surface area contributed by atoms with Gasteiger partial charge in [0.25, 0.3) is 0 Å². The summed E-state index contributed by atoms with van der Waals surface area (Å²) in [6, 6.07) is 13.6. The van der Waals surface area contributed by atoms with Crippen LogP contribution in [-0.4, -0.2) is 26.3 Å². The minimum atomic E-state index is -3.81. The lowest BCUT2D eigenvalue weighted by Crippen LogP contribution is -2.30. The maximum absolute atomic E-state index is 12.7. The van der Waals surface area contributed by atoms with E-state index in [1.165, 1.54) is 12.1 Å². The number of ketones is 1. The van der Waals surface area contributed by atoms with Crippen molar-refractivity contribution < 1.29 is 22.7 Å². The summed E-state index contributed by atoms with van der Waals surface area (Å²) in [4.78, 5) is 24.3. The molecule has 0 aliphatic heterocycles. The van der Waals surface area contributed by atoms with Crippen LogP contribution in [0.5, 0.6) is 0 Å². The molecular formula is C21H23NO5S. The van der Waals surface area contributed by atoms with Gasteiger partial charge in [0, 0.05) is 13.0 Å². The Labute approximate surface area is 165 Å². The second kappa shape index (κ2) is 8.67. The molecule has 0 heterocycles. The fraction of sp³-hybridized carbons (Fsp3) is 0.333. The predicted molar refractivity (Wildman–Crippen MR) is 104 cm³/mol. The summed E-state index contributed by atoms with van der Waals surface area (Å²) in [6.07, 6.45) is 1.83. The van der Waals surface area contributed by atoms with E-state index in [4.69, 9.17) is 4.74 Å². The standard InChI is InChI=1S/C21H23NO5S/c1-15-11-12-17(21(24)27-19-10-6-5-9-18(19)23)13-20(15)28(25,26)22-14-16-7-3-2-4-8-16/h2-4,7-8,11-13,19,22H,5-6,9-10,14H2,1H3/t19-/m0/s1.